The first kappa shape index (κ1) is 11.0. The summed E-state index contributed by atoms with van der Waals surface area (Å²) in [5, 5.41) is 8.99. The molecule has 1 saturated carbocycles. The van der Waals surface area contributed by atoms with Crippen molar-refractivity contribution in [2.75, 3.05) is 0 Å². The van der Waals surface area contributed by atoms with E-state index in [0.717, 1.165) is 25.7 Å². The van der Waals surface area contributed by atoms with E-state index in [2.05, 4.69) is 13.8 Å². The smallest absolute Gasteiger partial charge is 0.199 e. The lowest BCUT2D eigenvalue weighted by Crippen LogP contribution is -2.29. The zero-order chi connectivity index (χ0) is 9.84. The van der Waals surface area contributed by atoms with E-state index in [1.54, 1.807) is 0 Å². The lowest BCUT2D eigenvalue weighted by Gasteiger charge is -2.34. The van der Waals surface area contributed by atoms with Crippen molar-refractivity contribution in [1.29, 1.82) is 0 Å². The van der Waals surface area contributed by atoms with E-state index < -0.39 is 6.36 Å². The molecule has 1 aliphatic rings. The Kier molecular flexibility index (Phi) is 4.17. The van der Waals surface area contributed by atoms with Crippen LogP contribution in [0.1, 0.15) is 46.0 Å². The van der Waals surface area contributed by atoms with Gasteiger partial charge in [0.25, 0.3) is 0 Å². The molecule has 0 aliphatic heterocycles. The molecule has 78 valence electrons. The van der Waals surface area contributed by atoms with Gasteiger partial charge < -0.3 is 5.11 Å². The summed E-state index contributed by atoms with van der Waals surface area (Å²) in [6.45, 7) is 4.28. The summed E-state index contributed by atoms with van der Waals surface area (Å²) in [5.41, 5.74) is 0. The molecule has 0 aromatic heterocycles. The number of rotatable bonds is 5. The summed E-state index contributed by atoms with van der Waals surface area (Å²) >= 11 is 0. The van der Waals surface area contributed by atoms with Gasteiger partial charge in [0, 0.05) is 5.92 Å². The molecular weight excluding hydrogens is 167 g/mol. The molecule has 13 heavy (non-hydrogen) atoms. The number of hydrogen-bond donors (Lipinski definition) is 1. The zero-order valence-electron chi connectivity index (χ0n) is 8.67. The van der Waals surface area contributed by atoms with Crippen molar-refractivity contribution in [2.24, 2.45) is 17.8 Å². The molecule has 0 saturated heterocycles. The Hall–Kier alpha value is -0.110. The topological polar surface area (TPSA) is 20.2 Å². The molecule has 1 fully saturated rings. The Labute approximate surface area is 80.3 Å². The molecule has 0 spiro atoms. The van der Waals surface area contributed by atoms with Crippen LogP contribution < -0.4 is 0 Å². The molecular formula is C11H21FO. The van der Waals surface area contributed by atoms with Crippen LogP contribution in [-0.2, 0) is 0 Å². The fourth-order valence-electron chi connectivity index (χ4n) is 1.99. The van der Waals surface area contributed by atoms with Crippen molar-refractivity contribution >= 4 is 0 Å². The third kappa shape index (κ3) is 3.26. The second-order valence-electron chi connectivity index (χ2n) is 4.70. The van der Waals surface area contributed by atoms with Crippen molar-refractivity contribution in [1.82, 2.24) is 0 Å². The molecule has 1 nitrogen and oxygen atoms in total. The third-order valence-electron chi connectivity index (χ3n) is 3.19. The van der Waals surface area contributed by atoms with E-state index in [0.29, 0.717) is 11.8 Å². The van der Waals surface area contributed by atoms with Crippen molar-refractivity contribution < 1.29 is 9.50 Å². The van der Waals surface area contributed by atoms with E-state index in [1.807, 2.05) is 0 Å². The van der Waals surface area contributed by atoms with Crippen LogP contribution >= 0.6 is 0 Å². The SMILES string of the molecule is CC(C)CCC(C(O)F)C1CCC1. The maximum absolute atomic E-state index is 12.8. The average molecular weight is 188 g/mol. The lowest BCUT2D eigenvalue weighted by molar-refractivity contribution is -0.0540. The predicted molar refractivity (Wildman–Crippen MR) is 52.0 cm³/mol. The highest BCUT2D eigenvalue weighted by molar-refractivity contribution is 4.79. The molecule has 2 heteroatoms. The first-order valence-corrected chi connectivity index (χ1v) is 5.43. The first-order chi connectivity index (χ1) is 6.11. The fraction of sp³-hybridized carbons (Fsp3) is 1.00. The lowest BCUT2D eigenvalue weighted by atomic mass is 9.73. The van der Waals surface area contributed by atoms with E-state index >= 15 is 0 Å². The van der Waals surface area contributed by atoms with Crippen LogP contribution in [0.2, 0.25) is 0 Å². The second-order valence-corrected chi connectivity index (χ2v) is 4.70. The summed E-state index contributed by atoms with van der Waals surface area (Å²) in [6, 6.07) is 0. The van der Waals surface area contributed by atoms with Gasteiger partial charge in [0.05, 0.1) is 0 Å². The van der Waals surface area contributed by atoms with Gasteiger partial charge >= 0.3 is 0 Å². The molecule has 2 atom stereocenters. The van der Waals surface area contributed by atoms with Gasteiger partial charge in [-0.1, -0.05) is 26.7 Å². The zero-order valence-corrected chi connectivity index (χ0v) is 8.67. The maximum atomic E-state index is 12.8. The molecule has 0 radical (unpaired) electrons. The summed E-state index contributed by atoms with van der Waals surface area (Å²) < 4.78 is 12.8. The largest absolute Gasteiger partial charge is 0.364 e. The Morgan fingerprint density at radius 3 is 2.23 bits per heavy atom. The minimum atomic E-state index is -1.59. The molecule has 0 bridgehead atoms. The van der Waals surface area contributed by atoms with Gasteiger partial charge in [0.1, 0.15) is 0 Å². The normalized spacial score (nSPS) is 22.8. The standard InChI is InChI=1S/C11H21FO/c1-8(2)6-7-10(11(12)13)9-4-3-5-9/h8-11,13H,3-7H2,1-2H3. The van der Waals surface area contributed by atoms with Crippen molar-refractivity contribution in [3.05, 3.63) is 0 Å². The molecule has 1 N–H and O–H groups in total. The van der Waals surface area contributed by atoms with Gasteiger partial charge in [0.2, 0.25) is 0 Å². The number of aliphatic hydroxyl groups is 1. The molecule has 2 unspecified atom stereocenters. The summed E-state index contributed by atoms with van der Waals surface area (Å²) in [4.78, 5) is 0. The monoisotopic (exact) mass is 188 g/mol. The van der Waals surface area contributed by atoms with Crippen molar-refractivity contribution in [2.45, 2.75) is 52.3 Å². The summed E-state index contributed by atoms with van der Waals surface area (Å²) in [6.07, 6.45) is 3.73. The van der Waals surface area contributed by atoms with Gasteiger partial charge in [-0.15, -0.1) is 0 Å². The van der Waals surface area contributed by atoms with Gasteiger partial charge in [-0.25, -0.2) is 4.39 Å². The van der Waals surface area contributed by atoms with Crippen LogP contribution in [0.3, 0.4) is 0 Å². The predicted octanol–water partition coefficient (Wildman–Crippen LogP) is 3.13. The van der Waals surface area contributed by atoms with E-state index in [4.69, 9.17) is 5.11 Å². The highest BCUT2D eigenvalue weighted by Crippen LogP contribution is 2.38. The molecule has 0 amide bonds. The Bertz CT molecular complexity index is 141. The van der Waals surface area contributed by atoms with Crippen LogP contribution in [0, 0.1) is 17.8 Å². The molecule has 0 aromatic carbocycles. The Balaban J connectivity index is 2.29. The van der Waals surface area contributed by atoms with Gasteiger partial charge in [0.15, 0.2) is 6.36 Å². The van der Waals surface area contributed by atoms with Crippen LogP contribution in [0.25, 0.3) is 0 Å². The molecule has 0 heterocycles. The maximum Gasteiger partial charge on any atom is 0.199 e. The highest BCUT2D eigenvalue weighted by atomic mass is 19.1. The van der Waals surface area contributed by atoms with Crippen molar-refractivity contribution in [3.8, 4) is 0 Å². The Morgan fingerprint density at radius 1 is 1.31 bits per heavy atom. The van der Waals surface area contributed by atoms with Gasteiger partial charge in [-0.2, -0.15) is 0 Å². The van der Waals surface area contributed by atoms with Gasteiger partial charge in [-0.3, -0.25) is 0 Å². The van der Waals surface area contributed by atoms with E-state index in [-0.39, 0.29) is 5.92 Å². The second kappa shape index (κ2) is 4.94. The first-order valence-electron chi connectivity index (χ1n) is 5.43. The number of alkyl halides is 1. The van der Waals surface area contributed by atoms with Crippen LogP contribution in [0.15, 0.2) is 0 Å². The van der Waals surface area contributed by atoms with Crippen molar-refractivity contribution in [3.63, 3.8) is 0 Å². The van der Waals surface area contributed by atoms with Gasteiger partial charge in [-0.05, 0) is 31.1 Å². The van der Waals surface area contributed by atoms with E-state index in [1.165, 1.54) is 6.42 Å². The van der Waals surface area contributed by atoms with Crippen LogP contribution in [-0.4, -0.2) is 11.5 Å². The van der Waals surface area contributed by atoms with Crippen LogP contribution in [0.5, 0.6) is 0 Å². The fourth-order valence-corrected chi connectivity index (χ4v) is 1.99. The minimum Gasteiger partial charge on any atom is -0.364 e. The van der Waals surface area contributed by atoms with Crippen LogP contribution in [0.4, 0.5) is 4.39 Å². The quantitative estimate of drug-likeness (QED) is 0.702. The van der Waals surface area contributed by atoms with E-state index in [9.17, 15) is 4.39 Å². The summed E-state index contributed by atoms with van der Waals surface area (Å²) in [5.74, 6) is 0.983. The highest BCUT2D eigenvalue weighted by Gasteiger charge is 2.32. The number of aliphatic hydroxyl groups excluding tert-OH is 1. The average Bonchev–Trinajstić information content (AvgIpc) is 1.92. The third-order valence-corrected chi connectivity index (χ3v) is 3.19. The summed E-state index contributed by atoms with van der Waals surface area (Å²) in [7, 11) is 0. The Morgan fingerprint density at radius 2 is 1.92 bits per heavy atom. The molecule has 1 rings (SSSR count). The molecule has 1 aliphatic carbocycles. The molecule has 0 aromatic rings. The number of halogens is 1. The number of hydrogen-bond acceptors (Lipinski definition) is 1. The minimum absolute atomic E-state index is 0.0869.